The standard InChI is InChI=1S/C19H30N2O5S/c1-4-15(2)18(20-27(3,23)24)19(22)26-14-17-13-21(10-11-25-17)12-16-8-6-5-7-9-16/h5-9,15,17-18,20H,4,10-14H2,1-3H3/t15-,17-,18+/m0/s1. The third-order valence-corrected chi connectivity index (χ3v) is 5.37. The summed E-state index contributed by atoms with van der Waals surface area (Å²) < 4.78 is 36.6. The van der Waals surface area contributed by atoms with Crippen LogP contribution in [-0.4, -0.2) is 64.0 Å². The zero-order chi connectivity index (χ0) is 19.9. The monoisotopic (exact) mass is 398 g/mol. The Hall–Kier alpha value is -1.48. The molecule has 1 aliphatic rings. The van der Waals surface area contributed by atoms with Gasteiger partial charge in [0.25, 0.3) is 0 Å². The first-order valence-corrected chi connectivity index (χ1v) is 11.2. The molecule has 0 spiro atoms. The van der Waals surface area contributed by atoms with Crippen molar-refractivity contribution in [3.63, 3.8) is 0 Å². The van der Waals surface area contributed by atoms with Crippen molar-refractivity contribution in [3.8, 4) is 0 Å². The largest absolute Gasteiger partial charge is 0.462 e. The molecule has 1 fully saturated rings. The summed E-state index contributed by atoms with van der Waals surface area (Å²) in [7, 11) is -3.50. The predicted molar refractivity (Wildman–Crippen MR) is 104 cm³/mol. The van der Waals surface area contributed by atoms with Crippen LogP contribution in [0.5, 0.6) is 0 Å². The number of morpholine rings is 1. The zero-order valence-electron chi connectivity index (χ0n) is 16.3. The predicted octanol–water partition coefficient (Wildman–Crippen LogP) is 1.39. The van der Waals surface area contributed by atoms with E-state index in [1.54, 1.807) is 0 Å². The number of carbonyl (C=O) groups excluding carboxylic acids is 1. The van der Waals surface area contributed by atoms with E-state index < -0.39 is 22.0 Å². The lowest BCUT2D eigenvalue weighted by molar-refractivity contribution is -0.154. The SMILES string of the molecule is CC[C@H](C)[C@@H](NS(C)(=O)=O)C(=O)OC[C@@H]1CN(Cc2ccccc2)CCO1. The Kier molecular flexibility index (Phi) is 8.22. The lowest BCUT2D eigenvalue weighted by Gasteiger charge is -2.33. The highest BCUT2D eigenvalue weighted by atomic mass is 32.2. The molecule has 0 amide bonds. The Morgan fingerprint density at radius 2 is 2.07 bits per heavy atom. The van der Waals surface area contributed by atoms with Crippen LogP contribution in [0, 0.1) is 5.92 Å². The lowest BCUT2D eigenvalue weighted by Crippen LogP contribution is -2.48. The molecule has 0 unspecified atom stereocenters. The summed E-state index contributed by atoms with van der Waals surface area (Å²) in [6, 6.07) is 9.30. The molecule has 27 heavy (non-hydrogen) atoms. The maximum atomic E-state index is 12.4. The minimum absolute atomic E-state index is 0.114. The summed E-state index contributed by atoms with van der Waals surface area (Å²) >= 11 is 0. The number of hydrogen-bond acceptors (Lipinski definition) is 6. The summed E-state index contributed by atoms with van der Waals surface area (Å²) in [5.41, 5.74) is 1.23. The van der Waals surface area contributed by atoms with E-state index in [-0.39, 0.29) is 18.6 Å². The molecule has 0 radical (unpaired) electrons. The summed E-state index contributed by atoms with van der Waals surface area (Å²) in [5.74, 6) is -0.715. The van der Waals surface area contributed by atoms with Crippen molar-refractivity contribution >= 4 is 16.0 Å². The number of ether oxygens (including phenoxy) is 2. The van der Waals surface area contributed by atoms with Gasteiger partial charge in [-0.25, -0.2) is 13.1 Å². The van der Waals surface area contributed by atoms with Crippen LogP contribution in [0.2, 0.25) is 0 Å². The van der Waals surface area contributed by atoms with Crippen LogP contribution < -0.4 is 4.72 Å². The number of sulfonamides is 1. The van der Waals surface area contributed by atoms with Crippen molar-refractivity contribution in [3.05, 3.63) is 35.9 Å². The van der Waals surface area contributed by atoms with Crippen molar-refractivity contribution in [1.82, 2.24) is 9.62 Å². The number of carbonyl (C=O) groups is 1. The molecule has 152 valence electrons. The van der Waals surface area contributed by atoms with Crippen LogP contribution in [0.3, 0.4) is 0 Å². The molecule has 1 aromatic carbocycles. The van der Waals surface area contributed by atoms with Crippen LogP contribution in [0.4, 0.5) is 0 Å². The molecule has 7 nitrogen and oxygen atoms in total. The molecule has 0 aliphatic carbocycles. The van der Waals surface area contributed by atoms with Gasteiger partial charge in [-0.15, -0.1) is 0 Å². The number of hydrogen-bond donors (Lipinski definition) is 1. The Morgan fingerprint density at radius 3 is 2.70 bits per heavy atom. The molecule has 1 heterocycles. The van der Waals surface area contributed by atoms with Gasteiger partial charge in [0, 0.05) is 19.6 Å². The molecule has 1 N–H and O–H groups in total. The Labute approximate surface area is 162 Å². The van der Waals surface area contributed by atoms with Crippen LogP contribution in [0.15, 0.2) is 30.3 Å². The van der Waals surface area contributed by atoms with Crippen LogP contribution in [0.1, 0.15) is 25.8 Å². The number of benzene rings is 1. The van der Waals surface area contributed by atoms with E-state index in [2.05, 4.69) is 21.8 Å². The van der Waals surface area contributed by atoms with E-state index >= 15 is 0 Å². The average Bonchev–Trinajstić information content (AvgIpc) is 2.64. The average molecular weight is 399 g/mol. The van der Waals surface area contributed by atoms with Gasteiger partial charge in [0.05, 0.1) is 12.9 Å². The number of nitrogens with zero attached hydrogens (tertiary/aromatic N) is 1. The number of rotatable bonds is 9. The van der Waals surface area contributed by atoms with Crippen molar-refractivity contribution < 1.29 is 22.7 Å². The third kappa shape index (κ3) is 7.57. The molecule has 8 heteroatoms. The van der Waals surface area contributed by atoms with E-state index in [1.165, 1.54) is 5.56 Å². The van der Waals surface area contributed by atoms with Crippen LogP contribution in [-0.2, 0) is 30.8 Å². The second kappa shape index (κ2) is 10.2. The van der Waals surface area contributed by atoms with Crippen molar-refractivity contribution in [2.24, 2.45) is 5.92 Å². The van der Waals surface area contributed by atoms with Gasteiger partial charge in [-0.3, -0.25) is 9.69 Å². The molecule has 1 aliphatic heterocycles. The maximum Gasteiger partial charge on any atom is 0.324 e. The number of esters is 1. The fourth-order valence-corrected chi connectivity index (χ4v) is 3.78. The minimum Gasteiger partial charge on any atom is -0.462 e. The first-order valence-electron chi connectivity index (χ1n) is 9.30. The van der Waals surface area contributed by atoms with E-state index in [4.69, 9.17) is 9.47 Å². The molecular weight excluding hydrogens is 368 g/mol. The third-order valence-electron chi connectivity index (χ3n) is 4.69. The molecule has 3 atom stereocenters. The van der Waals surface area contributed by atoms with E-state index in [0.29, 0.717) is 19.6 Å². The quantitative estimate of drug-likeness (QED) is 0.633. The van der Waals surface area contributed by atoms with Crippen molar-refractivity contribution in [2.45, 2.75) is 39.0 Å². The highest BCUT2D eigenvalue weighted by molar-refractivity contribution is 7.88. The van der Waals surface area contributed by atoms with Gasteiger partial charge in [-0.05, 0) is 11.5 Å². The highest BCUT2D eigenvalue weighted by Gasteiger charge is 2.30. The van der Waals surface area contributed by atoms with Crippen LogP contribution >= 0.6 is 0 Å². The second-order valence-electron chi connectivity index (χ2n) is 7.10. The van der Waals surface area contributed by atoms with Gasteiger partial charge in [-0.1, -0.05) is 50.6 Å². The van der Waals surface area contributed by atoms with Gasteiger partial charge < -0.3 is 9.47 Å². The molecule has 2 rings (SSSR count). The summed E-state index contributed by atoms with van der Waals surface area (Å²) in [5, 5.41) is 0. The maximum absolute atomic E-state index is 12.4. The fourth-order valence-electron chi connectivity index (χ4n) is 2.99. The first-order chi connectivity index (χ1) is 12.8. The fraction of sp³-hybridized carbons (Fsp3) is 0.632. The summed E-state index contributed by atoms with van der Waals surface area (Å²) in [4.78, 5) is 14.7. The summed E-state index contributed by atoms with van der Waals surface area (Å²) in [6.45, 7) is 6.72. The zero-order valence-corrected chi connectivity index (χ0v) is 17.1. The van der Waals surface area contributed by atoms with Crippen LogP contribution in [0.25, 0.3) is 0 Å². The molecule has 1 aromatic rings. The lowest BCUT2D eigenvalue weighted by atomic mass is 10.0. The first kappa shape index (κ1) is 21.8. The minimum atomic E-state index is -3.50. The molecule has 0 bridgehead atoms. The smallest absolute Gasteiger partial charge is 0.324 e. The van der Waals surface area contributed by atoms with Gasteiger partial charge in [-0.2, -0.15) is 0 Å². The highest BCUT2D eigenvalue weighted by Crippen LogP contribution is 2.13. The van der Waals surface area contributed by atoms with Gasteiger partial charge in [0.2, 0.25) is 10.0 Å². The van der Waals surface area contributed by atoms with Crippen molar-refractivity contribution in [2.75, 3.05) is 32.6 Å². The Morgan fingerprint density at radius 1 is 1.37 bits per heavy atom. The van der Waals surface area contributed by atoms with E-state index in [1.807, 2.05) is 32.0 Å². The Balaban J connectivity index is 1.87. The van der Waals surface area contributed by atoms with E-state index in [0.717, 1.165) is 19.3 Å². The number of nitrogens with one attached hydrogen (secondary N) is 1. The molecular formula is C19H30N2O5S. The van der Waals surface area contributed by atoms with Gasteiger partial charge in [0.1, 0.15) is 18.8 Å². The van der Waals surface area contributed by atoms with E-state index in [9.17, 15) is 13.2 Å². The van der Waals surface area contributed by atoms with Gasteiger partial charge >= 0.3 is 5.97 Å². The Bertz CT molecular complexity index is 695. The molecule has 1 saturated heterocycles. The summed E-state index contributed by atoms with van der Waals surface area (Å²) in [6.07, 6.45) is 1.48. The second-order valence-corrected chi connectivity index (χ2v) is 8.88. The normalized spacial score (nSPS) is 20.8. The van der Waals surface area contributed by atoms with Gasteiger partial charge in [0.15, 0.2) is 0 Å². The molecule has 0 saturated carbocycles. The van der Waals surface area contributed by atoms with Crippen molar-refractivity contribution in [1.29, 1.82) is 0 Å². The molecule has 0 aromatic heterocycles. The topological polar surface area (TPSA) is 84.9 Å².